The van der Waals surface area contributed by atoms with Crippen LogP contribution in [-0.2, 0) is 19.1 Å². The van der Waals surface area contributed by atoms with Crippen molar-refractivity contribution in [2.24, 2.45) is 7.05 Å². The molecule has 1 aromatic carbocycles. The third kappa shape index (κ3) is 2.60. The number of nitrogens with zero attached hydrogens (tertiary/aromatic N) is 3. The van der Waals surface area contributed by atoms with Gasteiger partial charge < -0.3 is 19.5 Å². The van der Waals surface area contributed by atoms with Crippen LogP contribution in [0.2, 0.25) is 0 Å². The SMILES string of the molecule is CCc1cc(C(=O)N2[C@@H]3CC[C@H]2CC(O)(c2ccc4c(c2)OCO4)C3)n(C)n1. The first-order valence-corrected chi connectivity index (χ1v) is 9.96. The fraction of sp³-hybridized carbons (Fsp3) is 0.524. The van der Waals surface area contributed by atoms with Gasteiger partial charge in [-0.3, -0.25) is 9.48 Å². The van der Waals surface area contributed by atoms with E-state index in [-0.39, 0.29) is 24.8 Å². The Balaban J connectivity index is 1.41. The van der Waals surface area contributed by atoms with E-state index in [1.165, 1.54) is 0 Å². The van der Waals surface area contributed by atoms with Crippen LogP contribution in [-0.4, -0.2) is 44.6 Å². The van der Waals surface area contributed by atoms with Crippen LogP contribution in [0.15, 0.2) is 24.3 Å². The Morgan fingerprint density at radius 2 is 1.93 bits per heavy atom. The highest BCUT2D eigenvalue weighted by Crippen LogP contribution is 2.48. The van der Waals surface area contributed by atoms with Gasteiger partial charge in [-0.1, -0.05) is 13.0 Å². The Morgan fingerprint density at radius 3 is 2.61 bits per heavy atom. The average Bonchev–Trinajstić information content (AvgIpc) is 3.37. The van der Waals surface area contributed by atoms with Gasteiger partial charge in [0, 0.05) is 32.0 Å². The average molecular weight is 383 g/mol. The Morgan fingerprint density at radius 1 is 1.21 bits per heavy atom. The van der Waals surface area contributed by atoms with Crippen LogP contribution in [0.1, 0.15) is 54.4 Å². The van der Waals surface area contributed by atoms with Gasteiger partial charge in [0.05, 0.1) is 11.3 Å². The molecule has 3 atom stereocenters. The Labute approximate surface area is 163 Å². The van der Waals surface area contributed by atoms with Crippen LogP contribution in [0.4, 0.5) is 0 Å². The first-order valence-electron chi connectivity index (χ1n) is 9.96. The first-order chi connectivity index (χ1) is 13.5. The highest BCUT2D eigenvalue weighted by atomic mass is 16.7. The molecule has 1 unspecified atom stereocenters. The molecular formula is C21H25N3O4. The Kier molecular flexibility index (Phi) is 3.91. The predicted molar refractivity (Wildman–Crippen MR) is 101 cm³/mol. The van der Waals surface area contributed by atoms with E-state index in [1.807, 2.05) is 43.1 Å². The summed E-state index contributed by atoms with van der Waals surface area (Å²) in [5.41, 5.74) is 1.44. The fourth-order valence-corrected chi connectivity index (χ4v) is 5.01. The molecule has 2 fully saturated rings. The summed E-state index contributed by atoms with van der Waals surface area (Å²) in [4.78, 5) is 15.2. The quantitative estimate of drug-likeness (QED) is 0.881. The number of aryl methyl sites for hydroxylation is 2. The molecule has 3 aliphatic heterocycles. The Hall–Kier alpha value is -2.54. The minimum Gasteiger partial charge on any atom is -0.454 e. The molecule has 3 aliphatic rings. The summed E-state index contributed by atoms with van der Waals surface area (Å²) < 4.78 is 12.5. The van der Waals surface area contributed by atoms with Gasteiger partial charge in [0.25, 0.3) is 5.91 Å². The predicted octanol–water partition coefficient (Wildman–Crippen LogP) is 2.37. The number of hydrogen-bond donors (Lipinski definition) is 1. The van der Waals surface area contributed by atoms with Gasteiger partial charge in [0.2, 0.25) is 6.79 Å². The number of carbonyl (C=O) groups excluding carboxylic acids is 1. The van der Waals surface area contributed by atoms with E-state index in [0.717, 1.165) is 30.5 Å². The molecule has 28 heavy (non-hydrogen) atoms. The zero-order chi connectivity index (χ0) is 19.5. The fourth-order valence-electron chi connectivity index (χ4n) is 5.01. The number of ether oxygens (including phenoxy) is 2. The van der Waals surface area contributed by atoms with Crippen molar-refractivity contribution in [3.05, 3.63) is 41.2 Å². The molecule has 5 rings (SSSR count). The number of amides is 1. The third-order valence-corrected chi connectivity index (χ3v) is 6.42. The second-order valence-corrected chi connectivity index (χ2v) is 8.10. The highest BCUT2D eigenvalue weighted by molar-refractivity contribution is 5.93. The van der Waals surface area contributed by atoms with Crippen LogP contribution in [0, 0.1) is 0 Å². The van der Waals surface area contributed by atoms with Gasteiger partial charge in [0.15, 0.2) is 11.5 Å². The summed E-state index contributed by atoms with van der Waals surface area (Å²) in [6.07, 6.45) is 3.71. The number of benzene rings is 1. The zero-order valence-electron chi connectivity index (χ0n) is 16.2. The van der Waals surface area contributed by atoms with E-state index in [2.05, 4.69) is 5.10 Å². The lowest BCUT2D eigenvalue weighted by Crippen LogP contribution is -2.52. The van der Waals surface area contributed by atoms with Crippen LogP contribution in [0.5, 0.6) is 11.5 Å². The summed E-state index contributed by atoms with van der Waals surface area (Å²) in [6, 6.07) is 7.60. The van der Waals surface area contributed by atoms with Gasteiger partial charge in [0.1, 0.15) is 5.69 Å². The monoisotopic (exact) mass is 383 g/mol. The van der Waals surface area contributed by atoms with E-state index in [0.29, 0.717) is 30.0 Å². The zero-order valence-corrected chi connectivity index (χ0v) is 16.2. The number of hydrogen-bond acceptors (Lipinski definition) is 5. The minimum absolute atomic E-state index is 0.0231. The van der Waals surface area contributed by atoms with Gasteiger partial charge in [-0.15, -0.1) is 0 Å². The van der Waals surface area contributed by atoms with E-state index < -0.39 is 5.60 Å². The van der Waals surface area contributed by atoms with Crippen molar-refractivity contribution < 1.29 is 19.4 Å². The van der Waals surface area contributed by atoms with Crippen molar-refractivity contribution in [3.8, 4) is 11.5 Å². The molecular weight excluding hydrogens is 358 g/mol. The van der Waals surface area contributed by atoms with Gasteiger partial charge in [-0.2, -0.15) is 5.10 Å². The number of carbonyl (C=O) groups is 1. The molecule has 0 radical (unpaired) electrons. The molecule has 1 aromatic heterocycles. The standard InChI is InChI=1S/C21H25N3O4/c1-3-14-9-17(23(2)22-14)20(25)24-15-5-6-16(24)11-21(26,10-15)13-4-7-18-19(8-13)28-12-27-18/h4,7-9,15-16,26H,3,5-6,10-12H2,1-2H3/t15-,16+,21?. The van der Waals surface area contributed by atoms with Gasteiger partial charge >= 0.3 is 0 Å². The van der Waals surface area contributed by atoms with E-state index in [9.17, 15) is 9.90 Å². The van der Waals surface area contributed by atoms with Crippen molar-refractivity contribution in [1.29, 1.82) is 0 Å². The van der Waals surface area contributed by atoms with E-state index in [1.54, 1.807) is 4.68 Å². The molecule has 0 saturated carbocycles. The maximum atomic E-state index is 13.3. The molecule has 1 amide bonds. The molecule has 7 heteroatoms. The normalized spacial score (nSPS) is 28.0. The molecule has 0 aliphatic carbocycles. The lowest BCUT2D eigenvalue weighted by molar-refractivity contribution is -0.0482. The molecule has 7 nitrogen and oxygen atoms in total. The van der Waals surface area contributed by atoms with Crippen LogP contribution in [0.3, 0.4) is 0 Å². The first kappa shape index (κ1) is 17.6. The molecule has 148 valence electrons. The highest BCUT2D eigenvalue weighted by Gasteiger charge is 2.50. The van der Waals surface area contributed by atoms with Gasteiger partial charge in [-0.05, 0) is 43.0 Å². The van der Waals surface area contributed by atoms with Crippen molar-refractivity contribution in [2.45, 2.75) is 56.7 Å². The summed E-state index contributed by atoms with van der Waals surface area (Å²) in [5.74, 6) is 1.42. The second-order valence-electron chi connectivity index (χ2n) is 8.10. The van der Waals surface area contributed by atoms with Crippen molar-refractivity contribution in [1.82, 2.24) is 14.7 Å². The molecule has 4 heterocycles. The van der Waals surface area contributed by atoms with Crippen LogP contribution in [0.25, 0.3) is 0 Å². The van der Waals surface area contributed by atoms with E-state index >= 15 is 0 Å². The van der Waals surface area contributed by atoms with Crippen LogP contribution >= 0.6 is 0 Å². The summed E-state index contributed by atoms with van der Waals surface area (Å²) in [7, 11) is 1.82. The molecule has 2 saturated heterocycles. The number of aliphatic hydroxyl groups is 1. The molecule has 2 bridgehead atoms. The summed E-state index contributed by atoms with van der Waals surface area (Å²) in [5, 5.41) is 15.9. The molecule has 2 aromatic rings. The number of rotatable bonds is 3. The third-order valence-electron chi connectivity index (χ3n) is 6.42. The second kappa shape index (κ2) is 6.24. The van der Waals surface area contributed by atoms with Crippen LogP contribution < -0.4 is 9.47 Å². The molecule has 1 N–H and O–H groups in total. The summed E-state index contributed by atoms with van der Waals surface area (Å²) in [6.45, 7) is 2.25. The Bertz CT molecular complexity index is 924. The van der Waals surface area contributed by atoms with E-state index in [4.69, 9.17) is 9.47 Å². The topological polar surface area (TPSA) is 76.8 Å². The van der Waals surface area contributed by atoms with Gasteiger partial charge in [-0.25, -0.2) is 0 Å². The number of aromatic nitrogens is 2. The maximum Gasteiger partial charge on any atom is 0.272 e. The lowest BCUT2D eigenvalue weighted by Gasteiger charge is -2.44. The number of piperidine rings is 1. The van der Waals surface area contributed by atoms with Crippen molar-refractivity contribution in [2.75, 3.05) is 6.79 Å². The van der Waals surface area contributed by atoms with Crippen molar-refractivity contribution in [3.63, 3.8) is 0 Å². The maximum absolute atomic E-state index is 13.3. The van der Waals surface area contributed by atoms with Crippen molar-refractivity contribution >= 4 is 5.91 Å². The summed E-state index contributed by atoms with van der Waals surface area (Å²) >= 11 is 0. The minimum atomic E-state index is -0.954. The smallest absolute Gasteiger partial charge is 0.272 e. The molecule has 0 spiro atoms. The number of fused-ring (bicyclic) bond motifs is 3. The largest absolute Gasteiger partial charge is 0.454 e. The lowest BCUT2D eigenvalue weighted by atomic mass is 9.80.